The van der Waals surface area contributed by atoms with Crippen molar-refractivity contribution >= 4 is 17.7 Å². The largest absolute Gasteiger partial charge is 0.355 e. The van der Waals surface area contributed by atoms with Crippen LogP contribution in [0.3, 0.4) is 0 Å². The van der Waals surface area contributed by atoms with E-state index in [2.05, 4.69) is 21.6 Å². The lowest BCUT2D eigenvalue weighted by Gasteiger charge is -2.12. The molecule has 0 bridgehead atoms. The summed E-state index contributed by atoms with van der Waals surface area (Å²) >= 11 is 1.30. The number of nitrogens with one attached hydrogen (secondary N) is 1. The Hall–Kier alpha value is -1.50. The second-order valence-corrected chi connectivity index (χ2v) is 5.84. The molecule has 0 atom stereocenters. The molecule has 7 heteroatoms. The van der Waals surface area contributed by atoms with Crippen molar-refractivity contribution in [2.75, 3.05) is 18.1 Å². The van der Waals surface area contributed by atoms with E-state index in [4.69, 9.17) is 5.84 Å². The first kappa shape index (κ1) is 14.9. The van der Waals surface area contributed by atoms with E-state index < -0.39 is 0 Å². The van der Waals surface area contributed by atoms with Crippen LogP contribution in [0.2, 0.25) is 0 Å². The molecule has 0 fully saturated rings. The minimum Gasteiger partial charge on any atom is -0.355 e. The number of allylic oxidation sites excluding steroid dienone is 1. The lowest BCUT2D eigenvalue weighted by molar-refractivity contribution is -0.118. The van der Waals surface area contributed by atoms with Crippen LogP contribution in [0.25, 0.3) is 0 Å². The third-order valence-electron chi connectivity index (χ3n) is 3.32. The number of rotatable bonds is 6. The standard InChI is InChI=1S/C13H21N5OS/c1-10-16-17-13(18(10)14)20-9-12(19)15-8-7-11-5-3-2-4-6-11/h5H,2-4,6-9,14H2,1H3,(H,15,19). The van der Waals surface area contributed by atoms with Gasteiger partial charge in [0.25, 0.3) is 0 Å². The second-order valence-electron chi connectivity index (χ2n) is 4.90. The Morgan fingerprint density at radius 1 is 1.50 bits per heavy atom. The number of thioether (sulfide) groups is 1. The molecule has 6 nitrogen and oxygen atoms in total. The summed E-state index contributed by atoms with van der Waals surface area (Å²) in [7, 11) is 0. The molecule has 1 aromatic heterocycles. The lowest BCUT2D eigenvalue weighted by Crippen LogP contribution is -2.27. The molecule has 0 spiro atoms. The van der Waals surface area contributed by atoms with Crippen LogP contribution in [-0.2, 0) is 4.79 Å². The van der Waals surface area contributed by atoms with Crippen LogP contribution in [-0.4, -0.2) is 33.1 Å². The highest BCUT2D eigenvalue weighted by atomic mass is 32.2. The number of nitrogens with zero attached hydrogens (tertiary/aromatic N) is 3. The average Bonchev–Trinajstić information content (AvgIpc) is 2.78. The van der Waals surface area contributed by atoms with Gasteiger partial charge < -0.3 is 11.2 Å². The summed E-state index contributed by atoms with van der Waals surface area (Å²) in [5.41, 5.74) is 1.47. The summed E-state index contributed by atoms with van der Waals surface area (Å²) in [6.45, 7) is 2.48. The molecule has 0 aliphatic heterocycles. The molecule has 2 rings (SSSR count). The Bertz CT molecular complexity index is 497. The zero-order chi connectivity index (χ0) is 14.4. The maximum Gasteiger partial charge on any atom is 0.230 e. The van der Waals surface area contributed by atoms with Crippen LogP contribution >= 0.6 is 11.8 Å². The number of hydrogen-bond donors (Lipinski definition) is 2. The molecule has 0 radical (unpaired) electrons. The van der Waals surface area contributed by atoms with E-state index in [-0.39, 0.29) is 5.91 Å². The Balaban J connectivity index is 1.65. The van der Waals surface area contributed by atoms with Crippen molar-refractivity contribution in [1.29, 1.82) is 0 Å². The summed E-state index contributed by atoms with van der Waals surface area (Å²) in [5.74, 6) is 6.67. The van der Waals surface area contributed by atoms with Crippen molar-refractivity contribution in [1.82, 2.24) is 20.2 Å². The van der Waals surface area contributed by atoms with Crippen LogP contribution in [0.4, 0.5) is 0 Å². The van der Waals surface area contributed by atoms with Crippen LogP contribution in [0.1, 0.15) is 37.9 Å². The Kier molecular flexibility index (Phi) is 5.46. The molecule has 0 saturated heterocycles. The van der Waals surface area contributed by atoms with Crippen LogP contribution in [0, 0.1) is 6.92 Å². The molecule has 1 aliphatic rings. The molecular formula is C13H21N5OS. The van der Waals surface area contributed by atoms with Crippen molar-refractivity contribution in [3.05, 3.63) is 17.5 Å². The van der Waals surface area contributed by atoms with Gasteiger partial charge in [0.2, 0.25) is 11.1 Å². The van der Waals surface area contributed by atoms with Gasteiger partial charge in [0, 0.05) is 6.54 Å². The van der Waals surface area contributed by atoms with E-state index in [1.165, 1.54) is 47.7 Å². The van der Waals surface area contributed by atoms with E-state index in [9.17, 15) is 4.79 Å². The molecule has 0 aromatic carbocycles. The van der Waals surface area contributed by atoms with Crippen LogP contribution < -0.4 is 11.2 Å². The summed E-state index contributed by atoms with van der Waals surface area (Å²) in [4.78, 5) is 11.7. The minimum absolute atomic E-state index is 0.00654. The highest BCUT2D eigenvalue weighted by molar-refractivity contribution is 7.99. The summed E-state index contributed by atoms with van der Waals surface area (Å²) in [6.07, 6.45) is 8.21. The minimum atomic E-state index is 0.00654. The smallest absolute Gasteiger partial charge is 0.230 e. The topological polar surface area (TPSA) is 85.8 Å². The van der Waals surface area contributed by atoms with E-state index in [0.29, 0.717) is 23.3 Å². The molecule has 0 unspecified atom stereocenters. The molecule has 1 heterocycles. The third kappa shape index (κ3) is 4.26. The van der Waals surface area contributed by atoms with Crippen molar-refractivity contribution in [2.24, 2.45) is 0 Å². The van der Waals surface area contributed by atoms with Crippen LogP contribution in [0.5, 0.6) is 0 Å². The molecule has 3 N–H and O–H groups in total. The Morgan fingerprint density at radius 3 is 3.00 bits per heavy atom. The SMILES string of the molecule is Cc1nnc(SCC(=O)NCCC2=CCCCC2)n1N. The van der Waals surface area contributed by atoms with Gasteiger partial charge in [-0.15, -0.1) is 10.2 Å². The van der Waals surface area contributed by atoms with Crippen molar-refractivity contribution in [2.45, 2.75) is 44.2 Å². The van der Waals surface area contributed by atoms with Gasteiger partial charge in [0.05, 0.1) is 5.75 Å². The summed E-state index contributed by atoms with van der Waals surface area (Å²) in [5, 5.41) is 11.2. The fourth-order valence-electron chi connectivity index (χ4n) is 2.12. The van der Waals surface area contributed by atoms with Crippen molar-refractivity contribution < 1.29 is 4.79 Å². The average molecular weight is 295 g/mol. The fourth-order valence-corrected chi connectivity index (χ4v) is 2.86. The number of carbonyl (C=O) groups excluding carboxylic acids is 1. The number of hydrogen-bond acceptors (Lipinski definition) is 5. The number of nitrogens with two attached hydrogens (primary N) is 1. The second kappa shape index (κ2) is 7.33. The normalized spacial score (nSPS) is 14.9. The zero-order valence-corrected chi connectivity index (χ0v) is 12.6. The lowest BCUT2D eigenvalue weighted by atomic mass is 9.97. The van der Waals surface area contributed by atoms with Gasteiger partial charge in [-0.1, -0.05) is 23.4 Å². The fraction of sp³-hybridized carbons (Fsp3) is 0.615. The molecular weight excluding hydrogens is 274 g/mol. The van der Waals surface area contributed by atoms with Gasteiger partial charge in [0.1, 0.15) is 5.82 Å². The van der Waals surface area contributed by atoms with Crippen molar-refractivity contribution in [3.63, 3.8) is 0 Å². The molecule has 110 valence electrons. The number of carbonyl (C=O) groups is 1. The quantitative estimate of drug-likeness (QED) is 0.471. The highest BCUT2D eigenvalue weighted by Crippen LogP contribution is 2.19. The molecule has 1 aliphatic carbocycles. The molecule has 1 aromatic rings. The zero-order valence-electron chi connectivity index (χ0n) is 11.8. The predicted molar refractivity (Wildman–Crippen MR) is 79.8 cm³/mol. The monoisotopic (exact) mass is 295 g/mol. The van der Waals surface area contributed by atoms with E-state index in [1.807, 2.05) is 0 Å². The van der Waals surface area contributed by atoms with E-state index >= 15 is 0 Å². The third-order valence-corrected chi connectivity index (χ3v) is 4.26. The number of nitrogen functional groups attached to an aromatic ring is 1. The summed E-state index contributed by atoms with van der Waals surface area (Å²) in [6, 6.07) is 0. The van der Waals surface area contributed by atoms with Gasteiger partial charge in [-0.05, 0) is 39.0 Å². The highest BCUT2D eigenvalue weighted by Gasteiger charge is 2.10. The number of aryl methyl sites for hydroxylation is 1. The van der Waals surface area contributed by atoms with Gasteiger partial charge in [0.15, 0.2) is 0 Å². The van der Waals surface area contributed by atoms with Crippen molar-refractivity contribution in [3.8, 4) is 0 Å². The first-order valence-electron chi connectivity index (χ1n) is 6.91. The van der Waals surface area contributed by atoms with Gasteiger partial charge in [-0.2, -0.15) is 0 Å². The van der Waals surface area contributed by atoms with E-state index in [0.717, 1.165) is 6.42 Å². The first-order valence-corrected chi connectivity index (χ1v) is 7.90. The Labute approximate surface area is 123 Å². The first-order chi connectivity index (χ1) is 9.66. The maximum absolute atomic E-state index is 11.7. The van der Waals surface area contributed by atoms with E-state index in [1.54, 1.807) is 6.92 Å². The van der Waals surface area contributed by atoms with Crippen LogP contribution in [0.15, 0.2) is 16.8 Å². The Morgan fingerprint density at radius 2 is 2.35 bits per heavy atom. The molecule has 0 saturated carbocycles. The number of aromatic nitrogens is 3. The van der Waals surface area contributed by atoms with Gasteiger partial charge in [-0.3, -0.25) is 4.79 Å². The maximum atomic E-state index is 11.7. The predicted octanol–water partition coefficient (Wildman–Crippen LogP) is 1.40. The number of amides is 1. The summed E-state index contributed by atoms with van der Waals surface area (Å²) < 4.78 is 1.39. The van der Waals surface area contributed by atoms with Gasteiger partial charge in [-0.25, -0.2) is 4.68 Å². The molecule has 20 heavy (non-hydrogen) atoms. The van der Waals surface area contributed by atoms with Gasteiger partial charge >= 0.3 is 0 Å². The molecule has 1 amide bonds.